The van der Waals surface area contributed by atoms with Crippen molar-refractivity contribution in [1.82, 2.24) is 14.1 Å². The second kappa shape index (κ2) is 15.5. The summed E-state index contributed by atoms with van der Waals surface area (Å²) >= 11 is 5.32. The molecule has 7 nitrogen and oxygen atoms in total. The first-order valence-electron chi connectivity index (χ1n) is 14.0. The summed E-state index contributed by atoms with van der Waals surface area (Å²) in [6.07, 6.45) is 1.70. The average Bonchev–Trinajstić information content (AvgIpc) is 3.21. The number of alkyl halides is 1. The van der Waals surface area contributed by atoms with Gasteiger partial charge in [0.05, 0.1) is 11.2 Å². The number of aromatic nitrogens is 3. The summed E-state index contributed by atoms with van der Waals surface area (Å²) in [5, 5.41) is 0. The van der Waals surface area contributed by atoms with Gasteiger partial charge in [-0.25, -0.2) is 14.3 Å². The van der Waals surface area contributed by atoms with Crippen LogP contribution < -0.4 is 10.4 Å². The van der Waals surface area contributed by atoms with Crippen molar-refractivity contribution in [2.75, 3.05) is 19.3 Å². The Labute approximate surface area is 251 Å². The average molecular weight is 614 g/mol. The molecule has 0 amide bonds. The van der Waals surface area contributed by atoms with Gasteiger partial charge in [-0.2, -0.15) is 0 Å². The fourth-order valence-electron chi connectivity index (χ4n) is 3.84. The van der Waals surface area contributed by atoms with Crippen LogP contribution in [0.3, 0.4) is 0 Å². The number of nitrogens with zero attached hydrogens (tertiary/aromatic N) is 3. The highest BCUT2D eigenvalue weighted by molar-refractivity contribution is 6.76. The highest BCUT2D eigenvalue weighted by Gasteiger charge is 2.17. The number of ether oxygens (including phenoxy) is 3. The van der Waals surface area contributed by atoms with Crippen LogP contribution >= 0.6 is 11.6 Å². The molecule has 4 rings (SSSR count). The zero-order valence-corrected chi connectivity index (χ0v) is 28.0. The van der Waals surface area contributed by atoms with Gasteiger partial charge in [-0.05, 0) is 54.0 Å². The number of hydrogen-bond donors (Lipinski definition) is 0. The van der Waals surface area contributed by atoms with Gasteiger partial charge in [0.15, 0.2) is 5.65 Å². The standard InChI is InChI=1S/C25H29N3O3Si.C6H15ClOSi/c1-32(2,3)17-16-30-19-27-23-10-7-15-26-24(23)28(25(27)29)21-11-13-22(14-12-21)31-18-20-8-5-4-6-9-20;1-9(2,3)5-4-8-6-7/h4-15H,16-19H2,1-3H3;4-6H2,1-3H3. The molecule has 0 N–H and O–H groups in total. The molecule has 10 heteroatoms. The smallest absolute Gasteiger partial charge is 0.336 e. The zero-order chi connectivity index (χ0) is 29.9. The van der Waals surface area contributed by atoms with E-state index in [9.17, 15) is 4.79 Å². The first kappa shape index (κ1) is 32.8. The van der Waals surface area contributed by atoms with Gasteiger partial charge in [0, 0.05) is 35.6 Å². The van der Waals surface area contributed by atoms with Gasteiger partial charge in [0.2, 0.25) is 0 Å². The third-order valence-corrected chi connectivity index (χ3v) is 9.89. The van der Waals surface area contributed by atoms with Crippen molar-refractivity contribution in [3.63, 3.8) is 0 Å². The predicted molar refractivity (Wildman–Crippen MR) is 175 cm³/mol. The van der Waals surface area contributed by atoms with Crippen LogP contribution in [0.1, 0.15) is 5.56 Å². The Morgan fingerprint density at radius 2 is 1.44 bits per heavy atom. The third-order valence-electron chi connectivity index (χ3n) is 6.32. The first-order valence-corrected chi connectivity index (χ1v) is 22.0. The highest BCUT2D eigenvalue weighted by Crippen LogP contribution is 2.20. The normalized spacial score (nSPS) is 11.8. The Morgan fingerprint density at radius 3 is 2.05 bits per heavy atom. The Kier molecular flexibility index (Phi) is 12.4. The minimum Gasteiger partial charge on any atom is -0.489 e. The van der Waals surface area contributed by atoms with Crippen LogP contribution in [-0.2, 0) is 22.8 Å². The molecule has 0 spiro atoms. The molecule has 0 saturated heterocycles. The van der Waals surface area contributed by atoms with Crippen LogP contribution in [0.2, 0.25) is 51.4 Å². The van der Waals surface area contributed by atoms with E-state index in [1.807, 2.05) is 66.7 Å². The minimum absolute atomic E-state index is 0.162. The minimum atomic E-state index is -1.19. The molecule has 0 aliphatic carbocycles. The largest absolute Gasteiger partial charge is 0.489 e. The molecule has 0 aliphatic rings. The van der Waals surface area contributed by atoms with Crippen LogP contribution in [-0.4, -0.2) is 49.5 Å². The number of hydrogen-bond acceptors (Lipinski definition) is 5. The Balaban J connectivity index is 0.000000445. The molecule has 2 aromatic carbocycles. The van der Waals surface area contributed by atoms with E-state index in [0.29, 0.717) is 24.9 Å². The Morgan fingerprint density at radius 1 is 0.805 bits per heavy atom. The fourth-order valence-corrected chi connectivity index (χ4v) is 5.47. The molecule has 0 atom stereocenters. The van der Waals surface area contributed by atoms with Crippen LogP contribution in [0.5, 0.6) is 5.75 Å². The monoisotopic (exact) mass is 613 g/mol. The predicted octanol–water partition coefficient (Wildman–Crippen LogP) is 7.62. The summed E-state index contributed by atoms with van der Waals surface area (Å²) in [7, 11) is -2.06. The lowest BCUT2D eigenvalue weighted by Gasteiger charge is -2.15. The van der Waals surface area contributed by atoms with Crippen molar-refractivity contribution in [2.24, 2.45) is 0 Å². The van der Waals surface area contributed by atoms with Crippen LogP contribution in [0.25, 0.3) is 16.9 Å². The maximum atomic E-state index is 13.3. The maximum absolute atomic E-state index is 13.3. The number of rotatable bonds is 13. The summed E-state index contributed by atoms with van der Waals surface area (Å²) in [6, 6.07) is 23.9. The molecule has 0 radical (unpaired) electrons. The van der Waals surface area contributed by atoms with Gasteiger partial charge in [0.1, 0.15) is 25.2 Å². The number of fused-ring (bicyclic) bond motifs is 1. The van der Waals surface area contributed by atoms with Gasteiger partial charge >= 0.3 is 5.69 Å². The molecule has 41 heavy (non-hydrogen) atoms. The molecule has 0 fully saturated rings. The summed E-state index contributed by atoms with van der Waals surface area (Å²) in [5.41, 5.74) is 3.06. The lowest BCUT2D eigenvalue weighted by Crippen LogP contribution is -2.26. The van der Waals surface area contributed by atoms with E-state index in [-0.39, 0.29) is 12.4 Å². The van der Waals surface area contributed by atoms with Crippen molar-refractivity contribution < 1.29 is 14.2 Å². The number of halogens is 1. The highest BCUT2D eigenvalue weighted by atomic mass is 35.5. The third kappa shape index (κ3) is 10.9. The van der Waals surface area contributed by atoms with Gasteiger partial charge in [-0.3, -0.25) is 4.57 Å². The molecule has 0 bridgehead atoms. The molecule has 222 valence electrons. The lowest BCUT2D eigenvalue weighted by atomic mass is 10.2. The van der Waals surface area contributed by atoms with Gasteiger partial charge < -0.3 is 14.2 Å². The van der Waals surface area contributed by atoms with E-state index in [2.05, 4.69) is 44.3 Å². The first-order chi connectivity index (χ1) is 19.5. The quantitative estimate of drug-likeness (QED) is 0.0881. The van der Waals surface area contributed by atoms with E-state index in [4.69, 9.17) is 25.8 Å². The summed E-state index contributed by atoms with van der Waals surface area (Å²) in [4.78, 5) is 17.7. The Bertz CT molecular complexity index is 1400. The second-order valence-corrected chi connectivity index (χ2v) is 23.8. The molecule has 4 aromatic rings. The topological polar surface area (TPSA) is 67.5 Å². The van der Waals surface area contributed by atoms with Crippen LogP contribution in [0.4, 0.5) is 0 Å². The van der Waals surface area contributed by atoms with E-state index in [1.165, 1.54) is 6.04 Å². The molecule has 0 aliphatic heterocycles. The van der Waals surface area contributed by atoms with E-state index >= 15 is 0 Å². The maximum Gasteiger partial charge on any atom is 0.336 e. The fraction of sp³-hybridized carbons (Fsp3) is 0.419. The van der Waals surface area contributed by atoms with Crippen LogP contribution in [0, 0.1) is 0 Å². The molecule has 0 saturated carbocycles. The van der Waals surface area contributed by atoms with Gasteiger partial charge in [0.25, 0.3) is 0 Å². The van der Waals surface area contributed by atoms with E-state index in [0.717, 1.165) is 35.2 Å². The lowest BCUT2D eigenvalue weighted by molar-refractivity contribution is 0.0875. The summed E-state index contributed by atoms with van der Waals surface area (Å²) in [5.74, 6) is 0.747. The summed E-state index contributed by atoms with van der Waals surface area (Å²) in [6.45, 7) is 16.1. The van der Waals surface area contributed by atoms with Crippen molar-refractivity contribution in [1.29, 1.82) is 0 Å². The van der Waals surface area contributed by atoms with Crippen molar-refractivity contribution >= 4 is 38.9 Å². The number of imidazole rings is 1. The molecular formula is C31H44ClN3O4Si2. The SMILES string of the molecule is C[Si](C)(C)CCOCCl.C[Si](C)(C)CCOCn1c(=O)n(-c2ccc(OCc3ccccc3)cc2)c2ncccc21. The number of benzene rings is 2. The Hall–Kier alpha value is -2.70. The van der Waals surface area contributed by atoms with Crippen molar-refractivity contribution in [2.45, 2.75) is 64.7 Å². The molecule has 2 heterocycles. The second-order valence-electron chi connectivity index (χ2n) is 12.3. The van der Waals surface area contributed by atoms with Gasteiger partial charge in [-0.1, -0.05) is 81.2 Å². The van der Waals surface area contributed by atoms with E-state index < -0.39 is 16.1 Å². The molecule has 0 unspecified atom stereocenters. The van der Waals surface area contributed by atoms with Crippen molar-refractivity contribution in [3.05, 3.63) is 89.0 Å². The van der Waals surface area contributed by atoms with Gasteiger partial charge in [-0.15, -0.1) is 0 Å². The molecule has 2 aromatic heterocycles. The summed E-state index contributed by atoms with van der Waals surface area (Å²) < 4.78 is 20.0. The van der Waals surface area contributed by atoms with E-state index in [1.54, 1.807) is 15.3 Å². The van der Waals surface area contributed by atoms with Crippen LogP contribution in [0.15, 0.2) is 77.7 Å². The zero-order valence-electron chi connectivity index (χ0n) is 25.2. The van der Waals surface area contributed by atoms with Crippen molar-refractivity contribution in [3.8, 4) is 11.4 Å². The molecular weight excluding hydrogens is 570 g/mol. The number of pyridine rings is 1.